The summed E-state index contributed by atoms with van der Waals surface area (Å²) in [5.41, 5.74) is 0. The van der Waals surface area contributed by atoms with E-state index in [1.165, 1.54) is 7.11 Å². The van der Waals surface area contributed by atoms with E-state index in [4.69, 9.17) is 5.11 Å². The number of carbonyl (C=O) groups excluding carboxylic acids is 1. The van der Waals surface area contributed by atoms with E-state index in [9.17, 15) is 4.79 Å². The molecule has 10 heavy (non-hydrogen) atoms. The maximum Gasteiger partial charge on any atom is 0.277 e. The van der Waals surface area contributed by atoms with Crippen LogP contribution < -0.4 is 4.74 Å². The Labute approximate surface area is 61.1 Å². The third-order valence-electron chi connectivity index (χ3n) is 0.897. The van der Waals surface area contributed by atoms with E-state index in [1.54, 1.807) is 0 Å². The van der Waals surface area contributed by atoms with Crippen molar-refractivity contribution < 1.29 is 14.6 Å². The normalized spacial score (nSPS) is 9.30. The molecule has 0 fully saturated rings. The molecule has 0 amide bonds. The number of aromatic nitrogens is 1. The standard InChI is InChI=1S/C5H5NO3S/c1-9-5-6-4(8)3(2-7)10-5/h2,8H,1H3. The van der Waals surface area contributed by atoms with E-state index in [0.717, 1.165) is 11.3 Å². The molecular weight excluding hydrogens is 154 g/mol. The zero-order valence-corrected chi connectivity index (χ0v) is 6.01. The SMILES string of the molecule is COc1nc(O)c(C=O)s1. The van der Waals surface area contributed by atoms with Crippen LogP contribution in [0.5, 0.6) is 11.1 Å². The summed E-state index contributed by atoms with van der Waals surface area (Å²) < 4.78 is 4.67. The van der Waals surface area contributed by atoms with Crippen LogP contribution in [0.25, 0.3) is 0 Å². The number of aromatic hydroxyl groups is 1. The monoisotopic (exact) mass is 159 g/mol. The molecule has 0 saturated carbocycles. The first-order valence-electron chi connectivity index (χ1n) is 2.47. The van der Waals surface area contributed by atoms with Crippen LogP contribution in [0.3, 0.4) is 0 Å². The highest BCUT2D eigenvalue weighted by Gasteiger charge is 2.07. The Bertz CT molecular complexity index is 245. The summed E-state index contributed by atoms with van der Waals surface area (Å²) >= 11 is 1.01. The van der Waals surface area contributed by atoms with Gasteiger partial charge in [-0.25, -0.2) is 0 Å². The van der Waals surface area contributed by atoms with E-state index >= 15 is 0 Å². The third kappa shape index (κ3) is 1.08. The molecule has 1 aromatic rings. The van der Waals surface area contributed by atoms with E-state index < -0.39 is 0 Å². The molecule has 0 aliphatic carbocycles. The predicted octanol–water partition coefficient (Wildman–Crippen LogP) is 0.670. The molecule has 54 valence electrons. The van der Waals surface area contributed by atoms with Gasteiger partial charge in [0.05, 0.1) is 7.11 Å². The van der Waals surface area contributed by atoms with Gasteiger partial charge < -0.3 is 9.84 Å². The molecule has 0 unspecified atom stereocenters. The topological polar surface area (TPSA) is 59.4 Å². The second-order valence-electron chi connectivity index (χ2n) is 1.49. The number of nitrogens with zero attached hydrogens (tertiary/aromatic N) is 1. The summed E-state index contributed by atoms with van der Waals surface area (Å²) in [5.74, 6) is -0.267. The van der Waals surface area contributed by atoms with Gasteiger partial charge in [0.2, 0.25) is 5.88 Å². The predicted molar refractivity (Wildman–Crippen MR) is 35.7 cm³/mol. The van der Waals surface area contributed by atoms with Gasteiger partial charge in [0, 0.05) is 0 Å². The van der Waals surface area contributed by atoms with Crippen LogP contribution in [-0.4, -0.2) is 23.5 Å². The minimum absolute atomic E-state index is 0.192. The zero-order chi connectivity index (χ0) is 7.56. The Hall–Kier alpha value is -1.10. The number of aldehydes is 1. The van der Waals surface area contributed by atoms with Crippen molar-refractivity contribution in [3.8, 4) is 11.1 Å². The highest BCUT2D eigenvalue weighted by Crippen LogP contribution is 2.27. The van der Waals surface area contributed by atoms with Crippen molar-refractivity contribution in [1.29, 1.82) is 0 Å². The number of hydrogen-bond donors (Lipinski definition) is 1. The molecule has 5 heteroatoms. The lowest BCUT2D eigenvalue weighted by molar-refractivity contribution is 0.112. The van der Waals surface area contributed by atoms with Gasteiger partial charge in [-0.2, -0.15) is 4.98 Å². The number of ether oxygens (including phenoxy) is 1. The first-order chi connectivity index (χ1) is 4.77. The Morgan fingerprint density at radius 3 is 2.80 bits per heavy atom. The molecule has 0 spiro atoms. The molecule has 0 aliphatic heterocycles. The fraction of sp³-hybridized carbons (Fsp3) is 0.200. The highest BCUT2D eigenvalue weighted by atomic mass is 32.1. The lowest BCUT2D eigenvalue weighted by Crippen LogP contribution is -1.77. The molecule has 0 atom stereocenters. The summed E-state index contributed by atoms with van der Waals surface area (Å²) in [6, 6.07) is 0. The van der Waals surface area contributed by atoms with Crippen LogP contribution in [0.2, 0.25) is 0 Å². The molecular formula is C5H5NO3S. The summed E-state index contributed by atoms with van der Waals surface area (Å²) in [6.45, 7) is 0. The number of methoxy groups -OCH3 is 1. The van der Waals surface area contributed by atoms with Gasteiger partial charge in [-0.1, -0.05) is 11.3 Å². The second kappa shape index (κ2) is 2.66. The van der Waals surface area contributed by atoms with E-state index in [0.29, 0.717) is 11.5 Å². The van der Waals surface area contributed by atoms with Gasteiger partial charge >= 0.3 is 0 Å². The molecule has 1 rings (SSSR count). The van der Waals surface area contributed by atoms with Crippen molar-refractivity contribution in [3.05, 3.63) is 4.88 Å². The molecule has 0 aromatic carbocycles. The van der Waals surface area contributed by atoms with Crippen molar-refractivity contribution in [2.45, 2.75) is 0 Å². The minimum Gasteiger partial charge on any atom is -0.492 e. The van der Waals surface area contributed by atoms with E-state index in [1.807, 2.05) is 0 Å². The Balaban J connectivity index is 3.03. The number of carbonyl (C=O) groups is 1. The van der Waals surface area contributed by atoms with Crippen molar-refractivity contribution in [3.63, 3.8) is 0 Å². The molecule has 1 N–H and O–H groups in total. The lowest BCUT2D eigenvalue weighted by atomic mass is 10.6. The fourth-order valence-electron chi connectivity index (χ4n) is 0.468. The average molecular weight is 159 g/mol. The van der Waals surface area contributed by atoms with Crippen molar-refractivity contribution >= 4 is 17.6 Å². The second-order valence-corrected chi connectivity index (χ2v) is 2.48. The van der Waals surface area contributed by atoms with E-state index in [-0.39, 0.29) is 10.8 Å². The maximum atomic E-state index is 10.1. The van der Waals surface area contributed by atoms with Gasteiger partial charge in [-0.05, 0) is 0 Å². The molecule has 1 heterocycles. The Morgan fingerprint density at radius 2 is 2.50 bits per heavy atom. The van der Waals surface area contributed by atoms with E-state index in [2.05, 4.69) is 9.72 Å². The lowest BCUT2D eigenvalue weighted by Gasteiger charge is -1.84. The first-order valence-corrected chi connectivity index (χ1v) is 3.28. The molecule has 4 nitrogen and oxygen atoms in total. The molecule has 1 aromatic heterocycles. The summed E-state index contributed by atoms with van der Waals surface area (Å²) in [7, 11) is 1.42. The molecule has 0 saturated heterocycles. The summed E-state index contributed by atoms with van der Waals surface area (Å²) in [6.07, 6.45) is 0.537. The number of rotatable bonds is 2. The van der Waals surface area contributed by atoms with Crippen LogP contribution in [0.4, 0.5) is 0 Å². The number of hydrogen-bond acceptors (Lipinski definition) is 5. The van der Waals surface area contributed by atoms with Gasteiger partial charge in [0.1, 0.15) is 4.88 Å². The van der Waals surface area contributed by atoms with Gasteiger partial charge in [0.25, 0.3) is 5.19 Å². The van der Waals surface area contributed by atoms with Gasteiger partial charge in [-0.3, -0.25) is 4.79 Å². The average Bonchev–Trinajstić information content (AvgIpc) is 2.30. The molecule has 0 aliphatic rings. The van der Waals surface area contributed by atoms with Crippen molar-refractivity contribution in [2.24, 2.45) is 0 Å². The van der Waals surface area contributed by atoms with Crippen LogP contribution in [0, 0.1) is 0 Å². The maximum absolute atomic E-state index is 10.1. The van der Waals surface area contributed by atoms with Crippen LogP contribution in [-0.2, 0) is 0 Å². The van der Waals surface area contributed by atoms with Crippen molar-refractivity contribution in [2.75, 3.05) is 7.11 Å². The highest BCUT2D eigenvalue weighted by molar-refractivity contribution is 7.15. The van der Waals surface area contributed by atoms with Crippen LogP contribution >= 0.6 is 11.3 Å². The summed E-state index contributed by atoms with van der Waals surface area (Å²) in [5, 5.41) is 9.14. The molecule has 0 radical (unpaired) electrons. The van der Waals surface area contributed by atoms with Crippen molar-refractivity contribution in [1.82, 2.24) is 4.98 Å². The quantitative estimate of drug-likeness (QED) is 0.644. The first kappa shape index (κ1) is 7.01. The Morgan fingerprint density at radius 1 is 1.80 bits per heavy atom. The Kier molecular flexibility index (Phi) is 1.86. The summed E-state index contributed by atoms with van der Waals surface area (Å²) in [4.78, 5) is 13.8. The number of thiazole rings is 1. The minimum atomic E-state index is -0.267. The molecule has 0 bridgehead atoms. The van der Waals surface area contributed by atoms with Crippen LogP contribution in [0.1, 0.15) is 9.67 Å². The largest absolute Gasteiger partial charge is 0.492 e. The van der Waals surface area contributed by atoms with Gasteiger partial charge in [0.15, 0.2) is 6.29 Å². The third-order valence-corrected chi connectivity index (χ3v) is 1.83. The van der Waals surface area contributed by atoms with Crippen LogP contribution in [0.15, 0.2) is 0 Å². The smallest absolute Gasteiger partial charge is 0.277 e. The fourth-order valence-corrected chi connectivity index (χ4v) is 1.06. The van der Waals surface area contributed by atoms with Gasteiger partial charge in [-0.15, -0.1) is 0 Å². The zero-order valence-electron chi connectivity index (χ0n) is 5.20.